The average Bonchev–Trinajstić information content (AvgIpc) is 2.41. The molecule has 0 aromatic heterocycles. The maximum Gasteiger partial charge on any atom is 0.222 e. The number of aldehydes is 1. The van der Waals surface area contributed by atoms with Crippen molar-refractivity contribution in [2.45, 2.75) is 44.3 Å². The monoisotopic (exact) mass is 243 g/mol. The summed E-state index contributed by atoms with van der Waals surface area (Å²) in [6.45, 7) is 3.62. The van der Waals surface area contributed by atoms with Gasteiger partial charge in [0.25, 0.3) is 0 Å². The number of hydrogen-bond acceptors (Lipinski definition) is 3. The number of amides is 1. The van der Waals surface area contributed by atoms with Crippen LogP contribution in [0.3, 0.4) is 0 Å². The van der Waals surface area contributed by atoms with Crippen LogP contribution in [0.5, 0.6) is 0 Å². The number of likely N-dealkylation sites (tertiary alicyclic amines) is 1. The van der Waals surface area contributed by atoms with Gasteiger partial charge in [0.2, 0.25) is 5.91 Å². The van der Waals surface area contributed by atoms with Gasteiger partial charge >= 0.3 is 0 Å². The molecule has 0 aliphatic carbocycles. The van der Waals surface area contributed by atoms with Gasteiger partial charge in [0.1, 0.15) is 6.29 Å². The van der Waals surface area contributed by atoms with Crippen LogP contribution in [-0.4, -0.2) is 35.4 Å². The second-order valence-corrected chi connectivity index (χ2v) is 5.48. The van der Waals surface area contributed by atoms with Crippen LogP contribution in [-0.2, 0) is 9.59 Å². The number of rotatable bonds is 5. The van der Waals surface area contributed by atoms with E-state index in [0.717, 1.165) is 45.1 Å². The van der Waals surface area contributed by atoms with Crippen molar-refractivity contribution in [3.63, 3.8) is 0 Å². The standard InChI is InChI=1S/C12H21NO2S/c1-10(16)3-2-7-13-8-6-11(9-14)4-5-12(13)15/h9-11,16H,2-8H2,1H3. The van der Waals surface area contributed by atoms with Crippen LogP contribution in [0.15, 0.2) is 0 Å². The molecule has 1 aliphatic rings. The molecule has 2 unspecified atom stereocenters. The van der Waals surface area contributed by atoms with Crippen LogP contribution < -0.4 is 0 Å². The first kappa shape index (κ1) is 13.6. The molecule has 1 rings (SSSR count). The van der Waals surface area contributed by atoms with Crippen molar-refractivity contribution in [1.82, 2.24) is 4.90 Å². The Morgan fingerprint density at radius 1 is 1.56 bits per heavy atom. The van der Waals surface area contributed by atoms with E-state index in [4.69, 9.17) is 0 Å². The quantitative estimate of drug-likeness (QED) is 0.591. The molecule has 0 spiro atoms. The Morgan fingerprint density at radius 3 is 2.94 bits per heavy atom. The summed E-state index contributed by atoms with van der Waals surface area (Å²) in [5.74, 6) is 0.286. The Morgan fingerprint density at radius 2 is 2.31 bits per heavy atom. The second-order valence-electron chi connectivity index (χ2n) is 4.60. The minimum atomic E-state index is 0.0813. The Bertz CT molecular complexity index is 243. The molecular weight excluding hydrogens is 222 g/mol. The lowest BCUT2D eigenvalue weighted by molar-refractivity contribution is -0.130. The van der Waals surface area contributed by atoms with E-state index < -0.39 is 0 Å². The van der Waals surface area contributed by atoms with Crippen molar-refractivity contribution < 1.29 is 9.59 Å². The third kappa shape index (κ3) is 4.56. The maximum atomic E-state index is 11.7. The van der Waals surface area contributed by atoms with E-state index in [9.17, 15) is 9.59 Å². The van der Waals surface area contributed by atoms with Gasteiger partial charge in [-0.1, -0.05) is 6.92 Å². The van der Waals surface area contributed by atoms with E-state index in [1.54, 1.807) is 0 Å². The van der Waals surface area contributed by atoms with Crippen LogP contribution in [0.25, 0.3) is 0 Å². The summed E-state index contributed by atoms with van der Waals surface area (Å²) in [6.07, 6.45) is 5.10. The summed E-state index contributed by atoms with van der Waals surface area (Å²) in [4.78, 5) is 24.3. The molecular formula is C12H21NO2S. The summed E-state index contributed by atoms with van der Waals surface area (Å²) < 4.78 is 0. The molecule has 1 amide bonds. The van der Waals surface area contributed by atoms with Gasteiger partial charge in [-0.2, -0.15) is 12.6 Å². The minimum Gasteiger partial charge on any atom is -0.343 e. The van der Waals surface area contributed by atoms with Crippen LogP contribution in [0, 0.1) is 5.92 Å². The number of nitrogens with zero attached hydrogens (tertiary/aromatic N) is 1. The van der Waals surface area contributed by atoms with Gasteiger partial charge < -0.3 is 9.69 Å². The van der Waals surface area contributed by atoms with Crippen molar-refractivity contribution in [3.8, 4) is 0 Å². The first-order valence-corrected chi connectivity index (χ1v) is 6.56. The van der Waals surface area contributed by atoms with Gasteiger partial charge in [-0.05, 0) is 30.9 Å². The number of carbonyl (C=O) groups excluding carboxylic acids is 2. The molecule has 16 heavy (non-hydrogen) atoms. The number of thiol groups is 1. The number of carbonyl (C=O) groups is 2. The van der Waals surface area contributed by atoms with Crippen LogP contribution >= 0.6 is 12.6 Å². The minimum absolute atomic E-state index is 0.0813. The van der Waals surface area contributed by atoms with Gasteiger partial charge in [0.15, 0.2) is 0 Å². The van der Waals surface area contributed by atoms with Crippen molar-refractivity contribution >= 4 is 24.8 Å². The molecule has 2 atom stereocenters. The topological polar surface area (TPSA) is 37.4 Å². The van der Waals surface area contributed by atoms with Gasteiger partial charge in [-0.25, -0.2) is 0 Å². The fourth-order valence-corrected chi connectivity index (χ4v) is 2.19. The third-order valence-electron chi connectivity index (χ3n) is 3.09. The largest absolute Gasteiger partial charge is 0.343 e. The molecule has 1 heterocycles. The van der Waals surface area contributed by atoms with Gasteiger partial charge in [-0.15, -0.1) is 0 Å². The van der Waals surface area contributed by atoms with Crippen molar-refractivity contribution in [1.29, 1.82) is 0 Å². The van der Waals surface area contributed by atoms with E-state index in [1.807, 2.05) is 4.90 Å². The highest BCUT2D eigenvalue weighted by Gasteiger charge is 2.21. The normalized spacial score (nSPS) is 24.0. The van der Waals surface area contributed by atoms with E-state index >= 15 is 0 Å². The van der Waals surface area contributed by atoms with Crippen molar-refractivity contribution in [3.05, 3.63) is 0 Å². The highest BCUT2D eigenvalue weighted by atomic mass is 32.1. The third-order valence-corrected chi connectivity index (χ3v) is 3.35. The molecule has 4 heteroatoms. The summed E-state index contributed by atoms with van der Waals surface area (Å²) in [5, 5.41) is 0.393. The van der Waals surface area contributed by atoms with E-state index in [2.05, 4.69) is 19.6 Å². The van der Waals surface area contributed by atoms with Crippen molar-refractivity contribution in [2.24, 2.45) is 5.92 Å². The average molecular weight is 243 g/mol. The number of hydrogen-bond donors (Lipinski definition) is 1. The molecule has 0 saturated carbocycles. The predicted molar refractivity (Wildman–Crippen MR) is 67.7 cm³/mol. The van der Waals surface area contributed by atoms with Crippen LogP contribution in [0.1, 0.15) is 39.0 Å². The molecule has 1 saturated heterocycles. The lowest BCUT2D eigenvalue weighted by Crippen LogP contribution is -2.31. The molecule has 0 bridgehead atoms. The molecule has 0 N–H and O–H groups in total. The van der Waals surface area contributed by atoms with Crippen LogP contribution in [0.4, 0.5) is 0 Å². The van der Waals surface area contributed by atoms with Gasteiger partial charge in [-0.3, -0.25) is 4.79 Å². The molecule has 0 aromatic carbocycles. The zero-order valence-corrected chi connectivity index (χ0v) is 10.8. The smallest absolute Gasteiger partial charge is 0.222 e. The zero-order valence-electron chi connectivity index (χ0n) is 9.89. The molecule has 1 aliphatic heterocycles. The Kier molecular flexibility index (Phi) is 5.88. The fraction of sp³-hybridized carbons (Fsp3) is 0.833. The SMILES string of the molecule is CC(S)CCCN1CCC(C=O)CCC1=O. The summed E-state index contributed by atoms with van der Waals surface area (Å²) in [5.41, 5.74) is 0. The van der Waals surface area contributed by atoms with E-state index in [1.165, 1.54) is 0 Å². The molecule has 1 fully saturated rings. The second kappa shape index (κ2) is 6.94. The lowest BCUT2D eigenvalue weighted by Gasteiger charge is -2.20. The first-order valence-electron chi connectivity index (χ1n) is 6.04. The van der Waals surface area contributed by atoms with E-state index in [0.29, 0.717) is 11.7 Å². The van der Waals surface area contributed by atoms with Gasteiger partial charge in [0, 0.05) is 25.4 Å². The van der Waals surface area contributed by atoms with E-state index in [-0.39, 0.29) is 11.8 Å². The fourth-order valence-electron chi connectivity index (χ4n) is 2.01. The highest BCUT2D eigenvalue weighted by Crippen LogP contribution is 2.17. The van der Waals surface area contributed by atoms with Crippen molar-refractivity contribution in [2.75, 3.05) is 13.1 Å². The summed E-state index contributed by atoms with van der Waals surface area (Å²) in [6, 6.07) is 0. The highest BCUT2D eigenvalue weighted by molar-refractivity contribution is 7.80. The van der Waals surface area contributed by atoms with Gasteiger partial charge in [0.05, 0.1) is 0 Å². The Hall–Kier alpha value is -0.510. The predicted octanol–water partition coefficient (Wildman–Crippen LogP) is 1.91. The Balaban J connectivity index is 2.34. The first-order chi connectivity index (χ1) is 7.63. The Labute approximate surface area is 103 Å². The lowest BCUT2D eigenvalue weighted by atomic mass is 10.0. The molecule has 92 valence electrons. The maximum absolute atomic E-state index is 11.7. The summed E-state index contributed by atoms with van der Waals surface area (Å²) >= 11 is 4.32. The van der Waals surface area contributed by atoms with Crippen LogP contribution in [0.2, 0.25) is 0 Å². The zero-order chi connectivity index (χ0) is 12.0. The molecule has 3 nitrogen and oxygen atoms in total. The molecule has 0 radical (unpaired) electrons. The summed E-state index contributed by atoms with van der Waals surface area (Å²) in [7, 11) is 0. The molecule has 0 aromatic rings.